The largest absolute Gasteiger partial charge is 0.293 e. The van der Waals surface area contributed by atoms with Gasteiger partial charge in [0.25, 0.3) is 5.69 Å². The number of non-ortho nitro benzene ring substituents is 1. The first-order valence-electron chi connectivity index (χ1n) is 8.77. The molecule has 1 aromatic carbocycles. The number of nitro groups is 1. The predicted octanol–water partition coefficient (Wildman–Crippen LogP) is 5.52. The second-order valence-corrected chi connectivity index (χ2v) is 9.13. The van der Waals surface area contributed by atoms with Crippen LogP contribution in [0.2, 0.25) is 0 Å². The van der Waals surface area contributed by atoms with Crippen LogP contribution in [0.25, 0.3) is 20.5 Å². The third-order valence-corrected chi connectivity index (χ3v) is 7.27. The van der Waals surface area contributed by atoms with Crippen molar-refractivity contribution in [2.45, 2.75) is 11.9 Å². The second kappa shape index (κ2) is 8.82. The van der Waals surface area contributed by atoms with E-state index in [9.17, 15) is 14.9 Å². The minimum atomic E-state index is -0.514. The smallest absolute Gasteiger partial charge is 0.270 e. The molecular formula is C20H14N4O3S3. The highest BCUT2D eigenvalue weighted by atomic mass is 32.2. The number of nitro benzene ring substituents is 1. The molecule has 3 aromatic heterocycles. The molecule has 7 nitrogen and oxygen atoms in total. The summed E-state index contributed by atoms with van der Waals surface area (Å²) in [7, 11) is 0. The maximum absolute atomic E-state index is 12.3. The van der Waals surface area contributed by atoms with Crippen LogP contribution in [-0.4, -0.2) is 31.6 Å². The number of aryl methyl sites for hydroxylation is 1. The number of hydrogen-bond acceptors (Lipinski definition) is 9. The quantitative estimate of drug-likeness (QED) is 0.157. The Morgan fingerprint density at radius 3 is 2.73 bits per heavy atom. The lowest BCUT2D eigenvalue weighted by molar-refractivity contribution is -0.384. The lowest BCUT2D eigenvalue weighted by Crippen LogP contribution is -2.03. The number of carbonyl (C=O) groups is 1. The predicted molar refractivity (Wildman–Crippen MR) is 119 cm³/mol. The number of Topliss-reactive ketones (excluding diaryl/α,β-unsaturated/α-hetero) is 1. The standard InChI is InChI=1S/C20H14N4O3S3/c1-12-19(30-20(21-12)17-6-3-9-28-17)15-7-8-18(23-22-15)29-11-16(25)13-4-2-5-14(10-13)24(26)27/h2-10H,11H2,1H3. The summed E-state index contributed by atoms with van der Waals surface area (Å²) < 4.78 is 0. The Hall–Kier alpha value is -2.95. The van der Waals surface area contributed by atoms with Crippen LogP contribution in [-0.2, 0) is 0 Å². The van der Waals surface area contributed by atoms with Gasteiger partial charge in [-0.05, 0) is 30.5 Å². The van der Waals surface area contributed by atoms with Crippen LogP contribution in [0.5, 0.6) is 0 Å². The number of hydrogen-bond donors (Lipinski definition) is 0. The van der Waals surface area contributed by atoms with Crippen LogP contribution in [0, 0.1) is 17.0 Å². The minimum Gasteiger partial charge on any atom is -0.293 e. The average Bonchev–Trinajstić information content (AvgIpc) is 3.42. The molecule has 0 unspecified atom stereocenters. The van der Waals surface area contributed by atoms with Crippen molar-refractivity contribution in [1.29, 1.82) is 0 Å². The molecule has 0 amide bonds. The van der Waals surface area contributed by atoms with E-state index < -0.39 is 4.92 Å². The van der Waals surface area contributed by atoms with Gasteiger partial charge in [0.2, 0.25) is 0 Å². The first kappa shape index (κ1) is 20.3. The summed E-state index contributed by atoms with van der Waals surface area (Å²) >= 11 is 4.47. The van der Waals surface area contributed by atoms with Gasteiger partial charge in [0.15, 0.2) is 5.78 Å². The van der Waals surface area contributed by atoms with Crippen LogP contribution in [0.15, 0.2) is 58.9 Å². The first-order chi connectivity index (χ1) is 14.5. The maximum atomic E-state index is 12.3. The lowest BCUT2D eigenvalue weighted by Gasteiger charge is -2.02. The number of thiophene rings is 1. The fourth-order valence-electron chi connectivity index (χ4n) is 2.67. The lowest BCUT2D eigenvalue weighted by atomic mass is 10.1. The van der Waals surface area contributed by atoms with Crippen molar-refractivity contribution in [3.63, 3.8) is 0 Å². The molecule has 0 aliphatic heterocycles. The molecular weight excluding hydrogens is 440 g/mol. The van der Waals surface area contributed by atoms with E-state index in [0.29, 0.717) is 10.6 Å². The summed E-state index contributed by atoms with van der Waals surface area (Å²) in [5, 5.41) is 23.0. The number of ketones is 1. The van der Waals surface area contributed by atoms with Gasteiger partial charge < -0.3 is 0 Å². The zero-order chi connectivity index (χ0) is 21.1. The molecule has 3 heterocycles. The van der Waals surface area contributed by atoms with Gasteiger partial charge in [0, 0.05) is 17.7 Å². The molecule has 0 radical (unpaired) electrons. The Bertz CT molecular complexity index is 1200. The van der Waals surface area contributed by atoms with Gasteiger partial charge in [-0.1, -0.05) is 30.0 Å². The summed E-state index contributed by atoms with van der Waals surface area (Å²) in [4.78, 5) is 29.4. The van der Waals surface area contributed by atoms with Crippen LogP contribution in [0.3, 0.4) is 0 Å². The monoisotopic (exact) mass is 454 g/mol. The Morgan fingerprint density at radius 2 is 2.03 bits per heavy atom. The number of thiazole rings is 1. The third kappa shape index (κ3) is 4.45. The van der Waals surface area contributed by atoms with Crippen molar-refractivity contribution in [3.8, 4) is 20.5 Å². The maximum Gasteiger partial charge on any atom is 0.270 e. The number of nitrogens with zero attached hydrogens (tertiary/aromatic N) is 4. The van der Waals surface area contributed by atoms with Gasteiger partial charge >= 0.3 is 0 Å². The van der Waals surface area contributed by atoms with Crippen molar-refractivity contribution in [1.82, 2.24) is 15.2 Å². The van der Waals surface area contributed by atoms with E-state index in [-0.39, 0.29) is 17.2 Å². The average molecular weight is 455 g/mol. The third-order valence-electron chi connectivity index (χ3n) is 4.13. The molecule has 0 aliphatic carbocycles. The van der Waals surface area contributed by atoms with Crippen LogP contribution in [0.1, 0.15) is 16.1 Å². The highest BCUT2D eigenvalue weighted by molar-refractivity contribution is 7.99. The molecule has 0 N–H and O–H groups in total. The van der Waals surface area contributed by atoms with E-state index >= 15 is 0 Å². The van der Waals surface area contributed by atoms with Crippen molar-refractivity contribution in [3.05, 3.63) is 75.3 Å². The number of aromatic nitrogens is 3. The first-order valence-corrected chi connectivity index (χ1v) is 11.5. The van der Waals surface area contributed by atoms with Gasteiger partial charge in [0.05, 0.1) is 26.1 Å². The molecule has 0 atom stereocenters. The Balaban J connectivity index is 1.44. The van der Waals surface area contributed by atoms with Crippen LogP contribution in [0.4, 0.5) is 5.69 Å². The SMILES string of the molecule is Cc1nc(-c2cccs2)sc1-c1ccc(SCC(=O)c2cccc([N+](=O)[O-])c2)nn1. The molecule has 30 heavy (non-hydrogen) atoms. The number of rotatable bonds is 7. The van der Waals surface area contributed by atoms with Crippen LogP contribution >= 0.6 is 34.4 Å². The van der Waals surface area contributed by atoms with Crippen LogP contribution < -0.4 is 0 Å². The normalized spacial score (nSPS) is 10.8. The zero-order valence-corrected chi connectivity index (χ0v) is 18.1. The number of thioether (sulfide) groups is 1. The number of benzene rings is 1. The van der Waals surface area contributed by atoms with Gasteiger partial charge in [-0.2, -0.15) is 0 Å². The summed E-state index contributed by atoms with van der Waals surface area (Å²) in [5.74, 6) is -0.0782. The Labute approximate surface area is 184 Å². The van der Waals surface area contributed by atoms with E-state index in [1.807, 2.05) is 36.6 Å². The second-order valence-electron chi connectivity index (χ2n) is 6.19. The molecule has 0 saturated carbocycles. The molecule has 150 valence electrons. The Morgan fingerprint density at radius 1 is 1.17 bits per heavy atom. The van der Waals surface area contributed by atoms with Gasteiger partial charge in [-0.3, -0.25) is 14.9 Å². The van der Waals surface area contributed by atoms with E-state index in [0.717, 1.165) is 26.1 Å². The molecule has 0 aliphatic rings. The van der Waals surface area contributed by atoms with Crippen molar-refractivity contribution in [2.75, 3.05) is 5.75 Å². The fourth-order valence-corrected chi connectivity index (χ4v) is 5.21. The van der Waals surface area contributed by atoms with Gasteiger partial charge in [-0.25, -0.2) is 4.98 Å². The Kier molecular flexibility index (Phi) is 5.98. The molecule has 4 aromatic rings. The van der Waals surface area contributed by atoms with Crippen molar-refractivity contribution < 1.29 is 9.72 Å². The van der Waals surface area contributed by atoms with E-state index in [1.54, 1.807) is 28.7 Å². The number of carbonyl (C=O) groups excluding carboxylic acids is 1. The van der Waals surface area contributed by atoms with E-state index in [2.05, 4.69) is 15.2 Å². The molecule has 0 bridgehead atoms. The highest BCUT2D eigenvalue weighted by Crippen LogP contribution is 2.36. The molecule has 10 heteroatoms. The molecule has 4 rings (SSSR count). The molecule has 0 fully saturated rings. The topological polar surface area (TPSA) is 98.9 Å². The molecule has 0 saturated heterocycles. The minimum absolute atomic E-state index is 0.100. The van der Waals surface area contributed by atoms with Crippen molar-refractivity contribution in [2.24, 2.45) is 0 Å². The summed E-state index contributed by atoms with van der Waals surface area (Å²) in [6.45, 7) is 1.95. The summed E-state index contributed by atoms with van der Waals surface area (Å²) in [5.41, 5.74) is 1.85. The van der Waals surface area contributed by atoms with E-state index in [4.69, 9.17) is 0 Å². The fraction of sp³-hybridized carbons (Fsp3) is 0.100. The van der Waals surface area contributed by atoms with E-state index in [1.165, 1.54) is 30.0 Å². The van der Waals surface area contributed by atoms with Gasteiger partial charge in [0.1, 0.15) is 15.7 Å². The highest BCUT2D eigenvalue weighted by Gasteiger charge is 2.15. The summed E-state index contributed by atoms with van der Waals surface area (Å²) in [6, 6.07) is 13.4. The summed E-state index contributed by atoms with van der Waals surface area (Å²) in [6.07, 6.45) is 0. The molecule has 0 spiro atoms. The van der Waals surface area contributed by atoms with Crippen molar-refractivity contribution >= 4 is 45.9 Å². The van der Waals surface area contributed by atoms with Gasteiger partial charge in [-0.15, -0.1) is 32.9 Å². The zero-order valence-electron chi connectivity index (χ0n) is 15.6.